The number of likely N-dealkylation sites (tertiary alicyclic amines) is 1. The van der Waals surface area contributed by atoms with Gasteiger partial charge in [-0.2, -0.15) is 0 Å². The summed E-state index contributed by atoms with van der Waals surface area (Å²) in [6, 6.07) is 7.24. The molecule has 0 aliphatic carbocycles. The maximum atomic E-state index is 12.6. The van der Waals surface area contributed by atoms with E-state index in [0.717, 1.165) is 4.47 Å². The number of rotatable bonds is 4. The van der Waals surface area contributed by atoms with Gasteiger partial charge in [0.05, 0.1) is 18.1 Å². The Morgan fingerprint density at radius 1 is 1.03 bits per heavy atom. The van der Waals surface area contributed by atoms with Crippen molar-refractivity contribution in [1.29, 1.82) is 0 Å². The summed E-state index contributed by atoms with van der Waals surface area (Å²) in [5.41, 5.74) is 0.633. The summed E-state index contributed by atoms with van der Waals surface area (Å²) in [6.07, 6.45) is 1.04. The van der Waals surface area contributed by atoms with Gasteiger partial charge in [0.2, 0.25) is 0 Å². The highest BCUT2D eigenvalue weighted by atomic mass is 79.9. The van der Waals surface area contributed by atoms with E-state index in [-0.39, 0.29) is 42.5 Å². The maximum absolute atomic E-state index is 12.6. The molecule has 2 amide bonds. The van der Waals surface area contributed by atoms with Crippen molar-refractivity contribution in [3.63, 3.8) is 0 Å². The molecule has 0 radical (unpaired) electrons. The van der Waals surface area contributed by atoms with Crippen LogP contribution in [0.1, 0.15) is 37.0 Å². The molecule has 158 valence electrons. The molecule has 8 heteroatoms. The molecule has 0 N–H and O–H groups in total. The van der Waals surface area contributed by atoms with Gasteiger partial charge in [0.25, 0.3) is 11.8 Å². The number of halogens is 1. The Balaban J connectivity index is 1.43. The molecule has 2 saturated heterocycles. The maximum Gasteiger partial charge on any atom is 0.309 e. The van der Waals surface area contributed by atoms with Crippen LogP contribution in [0.3, 0.4) is 0 Å². The first kappa shape index (κ1) is 21.8. The van der Waals surface area contributed by atoms with Gasteiger partial charge in [0.1, 0.15) is 0 Å². The van der Waals surface area contributed by atoms with Crippen LogP contribution in [0.25, 0.3) is 0 Å². The van der Waals surface area contributed by atoms with Crippen LogP contribution in [0.15, 0.2) is 28.7 Å². The fraction of sp³-hybridized carbons (Fsp3) is 0.571. The third-order valence-corrected chi connectivity index (χ3v) is 5.85. The van der Waals surface area contributed by atoms with Crippen molar-refractivity contribution in [1.82, 2.24) is 9.80 Å². The number of amides is 2. The number of carbonyl (C=O) groups excluding carboxylic acids is 3. The molecule has 2 aliphatic rings. The van der Waals surface area contributed by atoms with E-state index in [9.17, 15) is 14.4 Å². The number of morpholine rings is 1. The van der Waals surface area contributed by atoms with Gasteiger partial charge in [-0.05, 0) is 51.0 Å². The molecule has 1 aromatic rings. The van der Waals surface area contributed by atoms with Gasteiger partial charge in [-0.1, -0.05) is 15.9 Å². The highest BCUT2D eigenvalue weighted by molar-refractivity contribution is 9.10. The standard InChI is InChI=1S/C21H27BrN2O5/c1-14-11-24(12-15(2)29-14)19(25)13-28-21(27)17-7-9-23(10-8-17)20(26)16-3-5-18(22)6-4-16/h3-6,14-15,17H,7-13H2,1-2H3. The highest BCUT2D eigenvalue weighted by Gasteiger charge is 2.30. The van der Waals surface area contributed by atoms with Gasteiger partial charge in [-0.15, -0.1) is 0 Å². The molecule has 0 bridgehead atoms. The molecule has 3 rings (SSSR count). The van der Waals surface area contributed by atoms with Crippen LogP contribution in [-0.4, -0.2) is 72.6 Å². The predicted molar refractivity (Wildman–Crippen MR) is 110 cm³/mol. The molecule has 0 saturated carbocycles. The van der Waals surface area contributed by atoms with Crippen LogP contribution in [0, 0.1) is 5.92 Å². The summed E-state index contributed by atoms with van der Waals surface area (Å²) >= 11 is 3.36. The number of hydrogen-bond donors (Lipinski definition) is 0. The van der Waals surface area contributed by atoms with Gasteiger partial charge in [-0.3, -0.25) is 14.4 Å². The molecular formula is C21H27BrN2O5. The lowest BCUT2D eigenvalue weighted by Gasteiger charge is -2.35. The first-order valence-electron chi connectivity index (χ1n) is 9.98. The molecule has 0 spiro atoms. The van der Waals surface area contributed by atoms with Crippen LogP contribution in [0.5, 0.6) is 0 Å². The summed E-state index contributed by atoms with van der Waals surface area (Å²) < 4.78 is 11.8. The van der Waals surface area contributed by atoms with Crippen LogP contribution >= 0.6 is 15.9 Å². The zero-order chi connectivity index (χ0) is 21.0. The van der Waals surface area contributed by atoms with Crippen LogP contribution in [0.2, 0.25) is 0 Å². The Kier molecular flexibility index (Phi) is 7.29. The SMILES string of the molecule is CC1CN(C(=O)COC(=O)C2CCN(C(=O)c3ccc(Br)cc3)CC2)CC(C)O1. The second-order valence-electron chi connectivity index (χ2n) is 7.74. The van der Waals surface area contributed by atoms with E-state index < -0.39 is 0 Å². The average molecular weight is 467 g/mol. The van der Waals surface area contributed by atoms with Crippen LogP contribution < -0.4 is 0 Å². The molecule has 1 aromatic carbocycles. The van der Waals surface area contributed by atoms with Crippen molar-refractivity contribution < 1.29 is 23.9 Å². The van der Waals surface area contributed by atoms with E-state index in [0.29, 0.717) is 44.6 Å². The number of benzene rings is 1. The number of ether oxygens (including phenoxy) is 2. The van der Waals surface area contributed by atoms with E-state index >= 15 is 0 Å². The Hall–Kier alpha value is -1.93. The Morgan fingerprint density at radius 2 is 1.62 bits per heavy atom. The number of esters is 1. The summed E-state index contributed by atoms with van der Waals surface area (Å²) in [6.45, 7) is 5.63. The second kappa shape index (κ2) is 9.71. The van der Waals surface area contributed by atoms with Crippen LogP contribution in [0.4, 0.5) is 0 Å². The van der Waals surface area contributed by atoms with Gasteiger partial charge in [-0.25, -0.2) is 0 Å². The fourth-order valence-electron chi connectivity index (χ4n) is 3.82. The first-order chi connectivity index (χ1) is 13.8. The first-order valence-corrected chi connectivity index (χ1v) is 10.8. The monoisotopic (exact) mass is 466 g/mol. The number of piperidine rings is 1. The van der Waals surface area contributed by atoms with Crippen molar-refractivity contribution in [2.75, 3.05) is 32.8 Å². The minimum atomic E-state index is -0.358. The number of nitrogens with zero attached hydrogens (tertiary/aromatic N) is 2. The normalized spacial score (nSPS) is 23.0. The summed E-state index contributed by atoms with van der Waals surface area (Å²) in [5, 5.41) is 0. The molecular weight excluding hydrogens is 440 g/mol. The Morgan fingerprint density at radius 3 is 2.21 bits per heavy atom. The third kappa shape index (κ3) is 5.79. The fourth-order valence-corrected chi connectivity index (χ4v) is 4.08. The van der Waals surface area contributed by atoms with E-state index in [1.807, 2.05) is 26.0 Å². The van der Waals surface area contributed by atoms with Crippen molar-refractivity contribution in [3.8, 4) is 0 Å². The largest absolute Gasteiger partial charge is 0.455 e. The summed E-state index contributed by atoms with van der Waals surface area (Å²) in [4.78, 5) is 40.7. The summed E-state index contributed by atoms with van der Waals surface area (Å²) in [5.74, 6) is -0.860. The van der Waals surface area contributed by atoms with Crippen LogP contribution in [-0.2, 0) is 19.1 Å². The van der Waals surface area contributed by atoms with E-state index in [1.165, 1.54) is 0 Å². The highest BCUT2D eigenvalue weighted by Crippen LogP contribution is 2.21. The number of carbonyl (C=O) groups is 3. The molecule has 2 unspecified atom stereocenters. The predicted octanol–water partition coefficient (Wildman–Crippen LogP) is 2.48. The minimum absolute atomic E-state index is 0.0222. The van der Waals surface area contributed by atoms with Gasteiger partial charge < -0.3 is 19.3 Å². The average Bonchev–Trinajstić information content (AvgIpc) is 2.71. The zero-order valence-electron chi connectivity index (χ0n) is 16.8. The third-order valence-electron chi connectivity index (χ3n) is 5.32. The molecule has 7 nitrogen and oxygen atoms in total. The van der Waals surface area contributed by atoms with Crippen molar-refractivity contribution in [2.24, 2.45) is 5.92 Å². The van der Waals surface area contributed by atoms with E-state index in [1.54, 1.807) is 21.9 Å². The lowest BCUT2D eigenvalue weighted by atomic mass is 9.96. The second-order valence-corrected chi connectivity index (χ2v) is 8.65. The molecule has 2 heterocycles. The lowest BCUT2D eigenvalue weighted by molar-refractivity contribution is -0.160. The van der Waals surface area contributed by atoms with E-state index in [4.69, 9.17) is 9.47 Å². The zero-order valence-corrected chi connectivity index (χ0v) is 18.4. The van der Waals surface area contributed by atoms with Gasteiger partial charge in [0, 0.05) is 36.2 Å². The van der Waals surface area contributed by atoms with Gasteiger partial charge >= 0.3 is 5.97 Å². The van der Waals surface area contributed by atoms with Crippen molar-refractivity contribution >= 4 is 33.7 Å². The molecule has 2 aliphatic heterocycles. The molecule has 29 heavy (non-hydrogen) atoms. The van der Waals surface area contributed by atoms with E-state index in [2.05, 4.69) is 15.9 Å². The molecule has 0 aromatic heterocycles. The van der Waals surface area contributed by atoms with Crippen molar-refractivity contribution in [2.45, 2.75) is 38.9 Å². The molecule has 2 fully saturated rings. The minimum Gasteiger partial charge on any atom is -0.455 e. The summed E-state index contributed by atoms with van der Waals surface area (Å²) in [7, 11) is 0. The Bertz CT molecular complexity index is 736. The number of hydrogen-bond acceptors (Lipinski definition) is 5. The van der Waals surface area contributed by atoms with Crippen molar-refractivity contribution in [3.05, 3.63) is 34.3 Å². The molecule has 2 atom stereocenters. The van der Waals surface area contributed by atoms with Gasteiger partial charge in [0.15, 0.2) is 6.61 Å². The smallest absolute Gasteiger partial charge is 0.309 e. The Labute approximate surface area is 179 Å². The lowest BCUT2D eigenvalue weighted by Crippen LogP contribution is -2.49. The topological polar surface area (TPSA) is 76.2 Å². The quantitative estimate of drug-likeness (QED) is 0.637.